The van der Waals surface area contributed by atoms with E-state index < -0.39 is 0 Å². The molecule has 1 heteroatoms. The van der Waals surface area contributed by atoms with E-state index >= 15 is 0 Å². The molecule has 3 rings (SSSR count). The summed E-state index contributed by atoms with van der Waals surface area (Å²) in [7, 11) is 0. The fraction of sp³-hybridized carbons (Fsp3) is 0.385. The van der Waals surface area contributed by atoms with Crippen molar-refractivity contribution in [3.05, 3.63) is 41.0 Å². The van der Waals surface area contributed by atoms with Crippen LogP contribution < -0.4 is 5.32 Å². The van der Waals surface area contributed by atoms with Gasteiger partial charge >= 0.3 is 0 Å². The largest absolute Gasteiger partial charge is 0.316 e. The second kappa shape index (κ2) is 3.25. The molecule has 1 aliphatic carbocycles. The average Bonchev–Trinajstić information content (AvgIpc) is 2.26. The summed E-state index contributed by atoms with van der Waals surface area (Å²) in [6.07, 6.45) is 4.87. The zero-order valence-electron chi connectivity index (χ0n) is 8.29. The molecular formula is C13H15N. The molecule has 0 radical (unpaired) electrons. The summed E-state index contributed by atoms with van der Waals surface area (Å²) in [4.78, 5) is 0. The van der Waals surface area contributed by atoms with Gasteiger partial charge in [0.15, 0.2) is 0 Å². The van der Waals surface area contributed by atoms with E-state index in [1.165, 1.54) is 30.5 Å². The van der Waals surface area contributed by atoms with Gasteiger partial charge in [-0.3, -0.25) is 0 Å². The fourth-order valence-electron chi connectivity index (χ4n) is 2.56. The first kappa shape index (κ1) is 8.25. The smallest absolute Gasteiger partial charge is 0.00203 e. The Bertz CT molecular complexity index is 379. The SMILES string of the molecule is C1=C2CCNCC2Cc2ccccc21. The van der Waals surface area contributed by atoms with Crippen molar-refractivity contribution in [3.63, 3.8) is 0 Å². The van der Waals surface area contributed by atoms with Crippen molar-refractivity contribution in [2.75, 3.05) is 13.1 Å². The molecule has 1 aromatic carbocycles. The van der Waals surface area contributed by atoms with E-state index in [0.29, 0.717) is 0 Å². The molecule has 1 N–H and O–H groups in total. The van der Waals surface area contributed by atoms with E-state index in [0.717, 1.165) is 12.5 Å². The number of rotatable bonds is 0. The van der Waals surface area contributed by atoms with Crippen molar-refractivity contribution in [2.24, 2.45) is 5.92 Å². The van der Waals surface area contributed by atoms with Crippen LogP contribution in [0.4, 0.5) is 0 Å². The van der Waals surface area contributed by atoms with E-state index in [1.54, 1.807) is 5.57 Å². The second-order valence-corrected chi connectivity index (χ2v) is 4.27. The van der Waals surface area contributed by atoms with Gasteiger partial charge in [-0.1, -0.05) is 35.9 Å². The third-order valence-corrected chi connectivity index (χ3v) is 3.37. The molecule has 2 aliphatic rings. The minimum Gasteiger partial charge on any atom is -0.316 e. The predicted octanol–water partition coefficient (Wildman–Crippen LogP) is 2.24. The first-order valence-electron chi connectivity index (χ1n) is 5.42. The van der Waals surface area contributed by atoms with E-state index in [2.05, 4.69) is 35.7 Å². The summed E-state index contributed by atoms with van der Waals surface area (Å²) in [5, 5.41) is 3.47. The number of piperidine rings is 1. The number of fused-ring (bicyclic) bond motifs is 2. The number of hydrogen-bond acceptors (Lipinski definition) is 1. The number of benzene rings is 1. The molecule has 0 bridgehead atoms. The quantitative estimate of drug-likeness (QED) is 0.653. The zero-order valence-corrected chi connectivity index (χ0v) is 8.29. The summed E-state index contributed by atoms with van der Waals surface area (Å²) in [6.45, 7) is 2.32. The molecule has 14 heavy (non-hydrogen) atoms. The van der Waals surface area contributed by atoms with Gasteiger partial charge in [-0.2, -0.15) is 0 Å². The average molecular weight is 185 g/mol. The standard InChI is InChI=1S/C13H15N/c1-2-4-11-8-13-9-14-6-5-12(13)7-10(11)3-1/h1-4,7,13-14H,5-6,8-9H2. The van der Waals surface area contributed by atoms with Gasteiger partial charge in [-0.15, -0.1) is 0 Å². The highest BCUT2D eigenvalue weighted by Crippen LogP contribution is 2.31. The maximum atomic E-state index is 3.47. The second-order valence-electron chi connectivity index (χ2n) is 4.27. The van der Waals surface area contributed by atoms with Crippen molar-refractivity contribution >= 4 is 6.08 Å². The normalized spacial score (nSPS) is 24.9. The molecule has 0 aromatic heterocycles. The third kappa shape index (κ3) is 1.28. The van der Waals surface area contributed by atoms with E-state index in [-0.39, 0.29) is 0 Å². The molecule has 1 fully saturated rings. The highest BCUT2D eigenvalue weighted by atomic mass is 14.9. The van der Waals surface area contributed by atoms with Gasteiger partial charge in [0.05, 0.1) is 0 Å². The summed E-state index contributed by atoms with van der Waals surface area (Å²) in [6, 6.07) is 8.78. The first-order valence-corrected chi connectivity index (χ1v) is 5.42. The molecule has 72 valence electrons. The van der Waals surface area contributed by atoms with Gasteiger partial charge in [-0.25, -0.2) is 0 Å². The molecule has 1 atom stereocenters. The van der Waals surface area contributed by atoms with Crippen molar-refractivity contribution < 1.29 is 0 Å². The van der Waals surface area contributed by atoms with Gasteiger partial charge in [0, 0.05) is 6.54 Å². The van der Waals surface area contributed by atoms with Crippen LogP contribution in [0.25, 0.3) is 6.08 Å². The van der Waals surface area contributed by atoms with E-state index in [1.807, 2.05) is 0 Å². The predicted molar refractivity (Wildman–Crippen MR) is 59.1 cm³/mol. The fourth-order valence-corrected chi connectivity index (χ4v) is 2.56. The summed E-state index contributed by atoms with van der Waals surface area (Å²) < 4.78 is 0. The van der Waals surface area contributed by atoms with Crippen LogP contribution in [0.15, 0.2) is 29.8 Å². The lowest BCUT2D eigenvalue weighted by Crippen LogP contribution is -2.34. The van der Waals surface area contributed by atoms with Crippen molar-refractivity contribution in [2.45, 2.75) is 12.8 Å². The van der Waals surface area contributed by atoms with Crippen LogP contribution in [0.5, 0.6) is 0 Å². The zero-order chi connectivity index (χ0) is 9.38. The molecule has 0 amide bonds. The van der Waals surface area contributed by atoms with Gasteiger partial charge in [0.1, 0.15) is 0 Å². The summed E-state index contributed by atoms with van der Waals surface area (Å²) >= 11 is 0. The van der Waals surface area contributed by atoms with Gasteiger partial charge in [0.2, 0.25) is 0 Å². The maximum Gasteiger partial charge on any atom is 0.00203 e. The molecule has 1 saturated heterocycles. The van der Waals surface area contributed by atoms with Crippen LogP contribution in [-0.4, -0.2) is 13.1 Å². The van der Waals surface area contributed by atoms with E-state index in [4.69, 9.17) is 0 Å². The minimum atomic E-state index is 0.763. The van der Waals surface area contributed by atoms with Crippen LogP contribution in [-0.2, 0) is 6.42 Å². The lowest BCUT2D eigenvalue weighted by atomic mass is 9.80. The maximum absolute atomic E-state index is 3.47. The monoisotopic (exact) mass is 185 g/mol. The van der Waals surface area contributed by atoms with Gasteiger partial charge in [-0.05, 0) is 36.4 Å². The molecule has 1 aliphatic heterocycles. The van der Waals surface area contributed by atoms with Crippen LogP contribution >= 0.6 is 0 Å². The Hall–Kier alpha value is -1.08. The highest BCUT2D eigenvalue weighted by Gasteiger charge is 2.23. The van der Waals surface area contributed by atoms with Crippen LogP contribution in [0.2, 0.25) is 0 Å². The van der Waals surface area contributed by atoms with Crippen LogP contribution in [0.3, 0.4) is 0 Å². The summed E-state index contributed by atoms with van der Waals surface area (Å²) in [5.74, 6) is 0.763. The van der Waals surface area contributed by atoms with Crippen molar-refractivity contribution in [3.8, 4) is 0 Å². The van der Waals surface area contributed by atoms with Gasteiger partial charge < -0.3 is 5.32 Å². The Kier molecular flexibility index (Phi) is 1.91. The topological polar surface area (TPSA) is 12.0 Å². The lowest BCUT2D eigenvalue weighted by Gasteiger charge is -2.30. The number of hydrogen-bond donors (Lipinski definition) is 1. The number of nitrogens with one attached hydrogen (secondary N) is 1. The van der Waals surface area contributed by atoms with Crippen LogP contribution in [0, 0.1) is 5.92 Å². The Morgan fingerprint density at radius 1 is 1.21 bits per heavy atom. The molecule has 1 heterocycles. The Morgan fingerprint density at radius 3 is 3.14 bits per heavy atom. The molecule has 0 saturated carbocycles. The highest BCUT2D eigenvalue weighted by molar-refractivity contribution is 5.60. The molecular weight excluding hydrogens is 170 g/mol. The molecule has 1 aromatic rings. The Balaban J connectivity index is 2.03. The van der Waals surface area contributed by atoms with Gasteiger partial charge in [0.25, 0.3) is 0 Å². The Morgan fingerprint density at radius 2 is 2.14 bits per heavy atom. The van der Waals surface area contributed by atoms with Crippen molar-refractivity contribution in [1.82, 2.24) is 5.32 Å². The van der Waals surface area contributed by atoms with Crippen LogP contribution in [0.1, 0.15) is 17.5 Å². The molecule has 0 spiro atoms. The van der Waals surface area contributed by atoms with E-state index in [9.17, 15) is 0 Å². The third-order valence-electron chi connectivity index (χ3n) is 3.37. The van der Waals surface area contributed by atoms with Crippen molar-refractivity contribution in [1.29, 1.82) is 0 Å². The minimum absolute atomic E-state index is 0.763. The first-order chi connectivity index (χ1) is 6.93. The Labute approximate surface area is 84.8 Å². The lowest BCUT2D eigenvalue weighted by molar-refractivity contribution is 0.468. The molecule has 1 nitrogen and oxygen atoms in total. The molecule has 1 unspecified atom stereocenters. The summed E-state index contributed by atoms with van der Waals surface area (Å²) in [5.41, 5.74) is 4.62.